The van der Waals surface area contributed by atoms with Gasteiger partial charge in [-0.05, 0) is 24.6 Å². The van der Waals surface area contributed by atoms with E-state index < -0.39 is 0 Å². The quantitative estimate of drug-likeness (QED) is 0.876. The third-order valence-corrected chi connectivity index (χ3v) is 4.68. The van der Waals surface area contributed by atoms with Gasteiger partial charge in [-0.1, -0.05) is 42.2 Å². The minimum atomic E-state index is -0.244. The summed E-state index contributed by atoms with van der Waals surface area (Å²) in [5.41, 5.74) is 7.08. The maximum absolute atomic E-state index is 12.8. The van der Waals surface area contributed by atoms with Gasteiger partial charge >= 0.3 is 0 Å². The number of halogens is 1. The van der Waals surface area contributed by atoms with Crippen molar-refractivity contribution < 1.29 is 4.39 Å². The molecule has 2 N–H and O–H groups in total. The van der Waals surface area contributed by atoms with E-state index in [0.717, 1.165) is 14.9 Å². The van der Waals surface area contributed by atoms with Gasteiger partial charge in [0.1, 0.15) is 10.8 Å². The lowest BCUT2D eigenvalue weighted by atomic mass is 10.1. The number of nitrogens with two attached hydrogens (primary N) is 1. The molecule has 0 spiro atoms. The molecule has 2 atom stereocenters. The van der Waals surface area contributed by atoms with Crippen molar-refractivity contribution in [1.82, 2.24) is 10.2 Å². The molecule has 0 radical (unpaired) electrons. The molecule has 0 bridgehead atoms. The summed E-state index contributed by atoms with van der Waals surface area (Å²) in [6.07, 6.45) is 0. The van der Waals surface area contributed by atoms with Gasteiger partial charge in [-0.15, -0.1) is 10.2 Å². The lowest BCUT2D eigenvalue weighted by Gasteiger charge is -2.18. The Kier molecular flexibility index (Phi) is 4.31. The molecule has 0 fully saturated rings. The Bertz CT molecular complexity index is 512. The number of aromatic nitrogens is 2. The highest BCUT2D eigenvalue weighted by Crippen LogP contribution is 2.32. The summed E-state index contributed by atoms with van der Waals surface area (Å²) in [5, 5.41) is 9.13. The first-order valence-electron chi connectivity index (χ1n) is 5.54. The molecule has 18 heavy (non-hydrogen) atoms. The summed E-state index contributed by atoms with van der Waals surface area (Å²) in [6, 6.07) is 6.16. The molecule has 6 heteroatoms. The number of thioether (sulfide) groups is 1. The normalized spacial score (nSPS) is 14.4. The summed E-state index contributed by atoms with van der Waals surface area (Å²) in [6.45, 7) is 3.96. The van der Waals surface area contributed by atoms with Crippen LogP contribution in [0.15, 0.2) is 28.6 Å². The zero-order chi connectivity index (χ0) is 13.1. The SMILES string of the molecule is Cc1nnc(SC(C)C(N)c2ccc(F)cc2)s1. The van der Waals surface area contributed by atoms with Gasteiger partial charge < -0.3 is 5.73 Å². The maximum Gasteiger partial charge on any atom is 0.174 e. The van der Waals surface area contributed by atoms with Crippen molar-refractivity contribution in [3.63, 3.8) is 0 Å². The van der Waals surface area contributed by atoms with Gasteiger partial charge in [-0.3, -0.25) is 0 Å². The highest BCUT2D eigenvalue weighted by atomic mass is 32.2. The molecule has 96 valence electrons. The topological polar surface area (TPSA) is 51.8 Å². The molecule has 2 unspecified atom stereocenters. The Morgan fingerprint density at radius 3 is 2.50 bits per heavy atom. The molecule has 0 amide bonds. The van der Waals surface area contributed by atoms with Crippen LogP contribution in [-0.2, 0) is 0 Å². The standard InChI is InChI=1S/C12H14FN3S2/c1-7(17-12-16-15-8(2)18-12)11(14)9-3-5-10(13)6-4-9/h3-7,11H,14H2,1-2H3. The Labute approximate surface area is 114 Å². The second kappa shape index (κ2) is 5.77. The Morgan fingerprint density at radius 2 is 1.94 bits per heavy atom. The van der Waals surface area contributed by atoms with Gasteiger partial charge in [0.15, 0.2) is 4.34 Å². The van der Waals surface area contributed by atoms with E-state index in [0.29, 0.717) is 0 Å². The fourth-order valence-electron chi connectivity index (χ4n) is 1.51. The van der Waals surface area contributed by atoms with E-state index in [9.17, 15) is 4.39 Å². The molecule has 1 aromatic heterocycles. The molecule has 2 aromatic rings. The fraction of sp³-hybridized carbons (Fsp3) is 0.333. The molecule has 1 aromatic carbocycles. The molecule has 0 aliphatic rings. The van der Waals surface area contributed by atoms with E-state index in [2.05, 4.69) is 10.2 Å². The average Bonchev–Trinajstić information content (AvgIpc) is 2.75. The first kappa shape index (κ1) is 13.5. The van der Waals surface area contributed by atoms with Crippen molar-refractivity contribution in [3.05, 3.63) is 40.7 Å². The van der Waals surface area contributed by atoms with Crippen molar-refractivity contribution in [2.75, 3.05) is 0 Å². The molecule has 3 nitrogen and oxygen atoms in total. The predicted molar refractivity (Wildman–Crippen MR) is 73.3 cm³/mol. The van der Waals surface area contributed by atoms with Crippen LogP contribution in [0.25, 0.3) is 0 Å². The summed E-state index contributed by atoms with van der Waals surface area (Å²) in [4.78, 5) is 0. The second-order valence-corrected chi connectivity index (χ2v) is 6.79. The predicted octanol–water partition coefficient (Wildman–Crippen LogP) is 3.17. The smallest absolute Gasteiger partial charge is 0.174 e. The van der Waals surface area contributed by atoms with Crippen LogP contribution in [0.5, 0.6) is 0 Å². The van der Waals surface area contributed by atoms with Crippen LogP contribution in [0.4, 0.5) is 4.39 Å². The summed E-state index contributed by atoms with van der Waals surface area (Å²) < 4.78 is 13.8. The fourth-order valence-corrected chi connectivity index (χ4v) is 3.65. The van der Waals surface area contributed by atoms with E-state index in [1.165, 1.54) is 12.1 Å². The van der Waals surface area contributed by atoms with Gasteiger partial charge in [-0.25, -0.2) is 4.39 Å². The average molecular weight is 283 g/mol. The third kappa shape index (κ3) is 3.28. The van der Waals surface area contributed by atoms with Crippen molar-refractivity contribution in [2.24, 2.45) is 5.73 Å². The maximum atomic E-state index is 12.8. The molecule has 0 aliphatic heterocycles. The highest BCUT2D eigenvalue weighted by molar-refractivity contribution is 8.01. The molecule has 0 aliphatic carbocycles. The Balaban J connectivity index is 2.04. The lowest BCUT2D eigenvalue weighted by Crippen LogP contribution is -2.20. The van der Waals surface area contributed by atoms with Gasteiger partial charge in [0, 0.05) is 11.3 Å². The number of rotatable bonds is 4. The Hall–Kier alpha value is -0.980. The van der Waals surface area contributed by atoms with E-state index >= 15 is 0 Å². The van der Waals surface area contributed by atoms with Crippen molar-refractivity contribution in [3.8, 4) is 0 Å². The monoisotopic (exact) mass is 283 g/mol. The largest absolute Gasteiger partial charge is 0.323 e. The number of hydrogen-bond donors (Lipinski definition) is 1. The number of hydrogen-bond acceptors (Lipinski definition) is 5. The van der Waals surface area contributed by atoms with Gasteiger partial charge in [-0.2, -0.15) is 0 Å². The summed E-state index contributed by atoms with van der Waals surface area (Å²) in [7, 11) is 0. The van der Waals surface area contributed by atoms with Gasteiger partial charge in [0.05, 0.1) is 0 Å². The van der Waals surface area contributed by atoms with Gasteiger partial charge in [0.2, 0.25) is 0 Å². The third-order valence-electron chi connectivity index (χ3n) is 2.55. The first-order chi connectivity index (χ1) is 8.56. The van der Waals surface area contributed by atoms with Crippen LogP contribution in [0, 0.1) is 12.7 Å². The molecular formula is C12H14FN3S2. The van der Waals surface area contributed by atoms with Crippen LogP contribution < -0.4 is 5.73 Å². The number of benzene rings is 1. The number of nitrogens with zero attached hydrogens (tertiary/aromatic N) is 2. The second-order valence-electron chi connectivity index (χ2n) is 3.99. The molecule has 0 saturated heterocycles. The number of aryl methyl sites for hydroxylation is 1. The van der Waals surface area contributed by atoms with E-state index in [4.69, 9.17) is 5.73 Å². The van der Waals surface area contributed by atoms with Crippen LogP contribution in [0.1, 0.15) is 23.5 Å². The van der Waals surface area contributed by atoms with E-state index in [-0.39, 0.29) is 17.1 Å². The Morgan fingerprint density at radius 1 is 1.28 bits per heavy atom. The van der Waals surface area contributed by atoms with Crippen LogP contribution in [-0.4, -0.2) is 15.4 Å². The zero-order valence-electron chi connectivity index (χ0n) is 10.1. The van der Waals surface area contributed by atoms with E-state index in [1.54, 1.807) is 35.2 Å². The van der Waals surface area contributed by atoms with Crippen LogP contribution >= 0.6 is 23.1 Å². The van der Waals surface area contributed by atoms with Crippen molar-refractivity contribution in [1.29, 1.82) is 0 Å². The highest BCUT2D eigenvalue weighted by Gasteiger charge is 2.18. The van der Waals surface area contributed by atoms with Gasteiger partial charge in [0.25, 0.3) is 0 Å². The molecule has 0 saturated carbocycles. The van der Waals surface area contributed by atoms with Crippen molar-refractivity contribution in [2.45, 2.75) is 29.5 Å². The first-order valence-corrected chi connectivity index (χ1v) is 7.23. The molecule has 2 rings (SSSR count). The molecular weight excluding hydrogens is 269 g/mol. The van der Waals surface area contributed by atoms with E-state index in [1.807, 2.05) is 13.8 Å². The zero-order valence-corrected chi connectivity index (χ0v) is 11.8. The van der Waals surface area contributed by atoms with Crippen molar-refractivity contribution >= 4 is 23.1 Å². The minimum Gasteiger partial charge on any atom is -0.323 e. The molecule has 1 heterocycles. The minimum absolute atomic E-state index is 0.153. The van der Waals surface area contributed by atoms with Crippen LogP contribution in [0.3, 0.4) is 0 Å². The summed E-state index contributed by atoms with van der Waals surface area (Å²) in [5.74, 6) is -0.244. The van der Waals surface area contributed by atoms with Crippen LogP contribution in [0.2, 0.25) is 0 Å². The summed E-state index contributed by atoms with van der Waals surface area (Å²) >= 11 is 3.15. The lowest BCUT2D eigenvalue weighted by molar-refractivity contribution is 0.624.